The van der Waals surface area contributed by atoms with E-state index in [0.29, 0.717) is 17.8 Å². The molecule has 1 heterocycles. The van der Waals surface area contributed by atoms with E-state index in [1.165, 1.54) is 6.07 Å². The van der Waals surface area contributed by atoms with Crippen LogP contribution < -0.4 is 15.7 Å². The van der Waals surface area contributed by atoms with Gasteiger partial charge in [0.25, 0.3) is 5.91 Å². The highest BCUT2D eigenvalue weighted by molar-refractivity contribution is 5.85. The Morgan fingerprint density at radius 2 is 2.00 bits per heavy atom. The molecule has 7 heteroatoms. The summed E-state index contributed by atoms with van der Waals surface area (Å²) in [5, 5.41) is 12.6. The molecule has 7 nitrogen and oxygen atoms in total. The fourth-order valence-corrected chi connectivity index (χ4v) is 2.92. The fourth-order valence-electron chi connectivity index (χ4n) is 2.92. The quantitative estimate of drug-likeness (QED) is 0.605. The van der Waals surface area contributed by atoms with Crippen LogP contribution in [0.2, 0.25) is 0 Å². The van der Waals surface area contributed by atoms with E-state index in [1.807, 2.05) is 6.92 Å². The molecule has 0 aliphatic carbocycles. The summed E-state index contributed by atoms with van der Waals surface area (Å²) in [6, 6.07) is 5.62. The minimum Gasteiger partial charge on any atom is -0.484 e. The van der Waals surface area contributed by atoms with E-state index in [9.17, 15) is 19.5 Å². The standard InChI is InChI=1S/C21H27NO6/c1-4-6-7-14-10-19(24)28-17-11-15(8-9-16(14)17)27-12-18(23)22-20(21(25)26)13(3)5-2/h8-11,13,20H,4-7,12H2,1-3H3,(H,22,23)(H,25,26)/t13-,20+/m0/s1. The van der Waals surface area contributed by atoms with Gasteiger partial charge in [0.1, 0.15) is 17.4 Å². The summed E-state index contributed by atoms with van der Waals surface area (Å²) in [5.74, 6) is -1.42. The molecule has 28 heavy (non-hydrogen) atoms. The van der Waals surface area contributed by atoms with Gasteiger partial charge in [-0.2, -0.15) is 0 Å². The largest absolute Gasteiger partial charge is 0.484 e. The Morgan fingerprint density at radius 3 is 2.64 bits per heavy atom. The van der Waals surface area contributed by atoms with Crippen molar-refractivity contribution in [2.45, 2.75) is 52.5 Å². The number of hydrogen-bond acceptors (Lipinski definition) is 5. The van der Waals surface area contributed by atoms with Crippen LogP contribution in [0, 0.1) is 5.92 Å². The van der Waals surface area contributed by atoms with Crippen molar-refractivity contribution in [1.82, 2.24) is 5.32 Å². The number of aliphatic carboxylic acids is 1. The highest BCUT2D eigenvalue weighted by Gasteiger charge is 2.25. The van der Waals surface area contributed by atoms with Crippen LogP contribution in [-0.4, -0.2) is 29.6 Å². The topological polar surface area (TPSA) is 106 Å². The van der Waals surface area contributed by atoms with Gasteiger partial charge in [0.2, 0.25) is 0 Å². The lowest BCUT2D eigenvalue weighted by molar-refractivity contribution is -0.143. The fraction of sp³-hybridized carbons (Fsp3) is 0.476. The second-order valence-corrected chi connectivity index (χ2v) is 6.91. The maximum atomic E-state index is 12.1. The third kappa shape index (κ3) is 5.58. The zero-order chi connectivity index (χ0) is 20.7. The number of carbonyl (C=O) groups is 2. The summed E-state index contributed by atoms with van der Waals surface area (Å²) in [4.78, 5) is 35.2. The molecule has 2 atom stereocenters. The number of unbranched alkanes of at least 4 members (excludes halogenated alkanes) is 1. The second kappa shape index (κ2) is 9.92. The lowest BCUT2D eigenvalue weighted by atomic mass is 9.99. The third-order valence-corrected chi connectivity index (χ3v) is 4.77. The van der Waals surface area contributed by atoms with Gasteiger partial charge in [0, 0.05) is 17.5 Å². The van der Waals surface area contributed by atoms with Crippen molar-refractivity contribution in [1.29, 1.82) is 0 Å². The Morgan fingerprint density at radius 1 is 1.25 bits per heavy atom. The van der Waals surface area contributed by atoms with Crippen LogP contribution in [0.1, 0.15) is 45.6 Å². The molecular formula is C21H27NO6. The molecule has 0 fully saturated rings. The summed E-state index contributed by atoms with van der Waals surface area (Å²) in [6.45, 7) is 5.38. The van der Waals surface area contributed by atoms with Gasteiger partial charge >= 0.3 is 11.6 Å². The summed E-state index contributed by atoms with van der Waals surface area (Å²) < 4.78 is 10.7. The first kappa shape index (κ1) is 21.5. The van der Waals surface area contributed by atoms with Gasteiger partial charge in [-0.3, -0.25) is 4.79 Å². The summed E-state index contributed by atoms with van der Waals surface area (Å²) in [5.41, 5.74) is 0.904. The van der Waals surface area contributed by atoms with E-state index < -0.39 is 23.5 Å². The minimum atomic E-state index is -1.07. The number of nitrogens with one attached hydrogen (secondary N) is 1. The number of aryl methyl sites for hydroxylation is 1. The molecule has 0 spiro atoms. The first-order chi connectivity index (χ1) is 13.3. The zero-order valence-corrected chi connectivity index (χ0v) is 16.5. The van der Waals surface area contributed by atoms with Crippen LogP contribution in [0.15, 0.2) is 33.5 Å². The number of fused-ring (bicyclic) bond motifs is 1. The van der Waals surface area contributed by atoms with E-state index in [4.69, 9.17) is 9.15 Å². The van der Waals surface area contributed by atoms with E-state index in [1.54, 1.807) is 25.1 Å². The van der Waals surface area contributed by atoms with Gasteiger partial charge in [-0.25, -0.2) is 9.59 Å². The molecule has 1 aromatic carbocycles. The molecule has 0 bridgehead atoms. The van der Waals surface area contributed by atoms with Gasteiger partial charge in [0.05, 0.1) is 0 Å². The predicted octanol–water partition coefficient (Wildman–Crippen LogP) is 3.13. The van der Waals surface area contributed by atoms with Gasteiger partial charge in [-0.1, -0.05) is 33.6 Å². The smallest absolute Gasteiger partial charge is 0.336 e. The molecule has 0 aliphatic rings. The number of rotatable bonds is 10. The Bertz CT molecular complexity index is 888. The highest BCUT2D eigenvalue weighted by atomic mass is 16.5. The molecule has 1 amide bonds. The normalized spacial score (nSPS) is 13.1. The second-order valence-electron chi connectivity index (χ2n) is 6.91. The van der Waals surface area contributed by atoms with E-state index in [2.05, 4.69) is 12.2 Å². The summed E-state index contributed by atoms with van der Waals surface area (Å²) >= 11 is 0. The minimum absolute atomic E-state index is 0.196. The summed E-state index contributed by atoms with van der Waals surface area (Å²) in [7, 11) is 0. The summed E-state index contributed by atoms with van der Waals surface area (Å²) in [6.07, 6.45) is 3.40. The molecule has 0 saturated heterocycles. The van der Waals surface area contributed by atoms with Crippen molar-refractivity contribution in [3.05, 3.63) is 40.2 Å². The Hall–Kier alpha value is -2.83. The monoisotopic (exact) mass is 389 g/mol. The van der Waals surface area contributed by atoms with Gasteiger partial charge in [0.15, 0.2) is 6.61 Å². The van der Waals surface area contributed by atoms with Crippen LogP contribution in [0.4, 0.5) is 0 Å². The number of amides is 1. The Kier molecular flexibility index (Phi) is 7.61. The lowest BCUT2D eigenvalue weighted by Crippen LogP contribution is -2.46. The molecule has 0 unspecified atom stereocenters. The lowest BCUT2D eigenvalue weighted by Gasteiger charge is -2.20. The number of carbonyl (C=O) groups excluding carboxylic acids is 1. The highest BCUT2D eigenvalue weighted by Crippen LogP contribution is 2.23. The maximum absolute atomic E-state index is 12.1. The molecular weight excluding hydrogens is 362 g/mol. The van der Waals surface area contributed by atoms with Crippen LogP contribution in [0.3, 0.4) is 0 Å². The van der Waals surface area contributed by atoms with Crippen molar-refractivity contribution in [3.8, 4) is 5.75 Å². The van der Waals surface area contributed by atoms with Crippen molar-refractivity contribution in [2.75, 3.05) is 6.61 Å². The molecule has 0 saturated carbocycles. The van der Waals surface area contributed by atoms with Crippen molar-refractivity contribution >= 4 is 22.8 Å². The number of benzene rings is 1. The van der Waals surface area contributed by atoms with E-state index in [0.717, 1.165) is 30.2 Å². The Balaban J connectivity index is 2.09. The molecule has 0 aliphatic heterocycles. The molecule has 2 rings (SSSR count). The van der Waals surface area contributed by atoms with Gasteiger partial charge in [-0.15, -0.1) is 0 Å². The first-order valence-corrected chi connectivity index (χ1v) is 9.57. The van der Waals surface area contributed by atoms with Gasteiger partial charge < -0.3 is 19.6 Å². The molecule has 2 aromatic rings. The van der Waals surface area contributed by atoms with Crippen LogP contribution >= 0.6 is 0 Å². The molecule has 0 radical (unpaired) electrons. The van der Waals surface area contributed by atoms with Crippen molar-refractivity contribution in [3.63, 3.8) is 0 Å². The van der Waals surface area contributed by atoms with Gasteiger partial charge in [-0.05, 0) is 36.5 Å². The molecule has 1 aromatic heterocycles. The molecule has 2 N–H and O–H groups in total. The number of ether oxygens (including phenoxy) is 1. The average Bonchev–Trinajstić information content (AvgIpc) is 2.67. The number of carboxylic acid groups (broad SMARTS) is 1. The first-order valence-electron chi connectivity index (χ1n) is 9.57. The average molecular weight is 389 g/mol. The van der Waals surface area contributed by atoms with Crippen molar-refractivity contribution in [2.24, 2.45) is 5.92 Å². The third-order valence-electron chi connectivity index (χ3n) is 4.77. The number of carboxylic acids is 1. The SMILES string of the molecule is CCCCc1cc(=O)oc2cc(OCC(=O)N[C@@H](C(=O)O)[C@@H](C)CC)ccc12. The predicted molar refractivity (Wildman–Crippen MR) is 106 cm³/mol. The Labute approximate surface area is 163 Å². The van der Waals surface area contributed by atoms with Crippen LogP contribution in [-0.2, 0) is 16.0 Å². The van der Waals surface area contributed by atoms with Crippen LogP contribution in [0.25, 0.3) is 11.0 Å². The maximum Gasteiger partial charge on any atom is 0.336 e. The zero-order valence-electron chi connectivity index (χ0n) is 16.5. The van der Waals surface area contributed by atoms with E-state index >= 15 is 0 Å². The van der Waals surface area contributed by atoms with Crippen molar-refractivity contribution < 1.29 is 23.8 Å². The molecule has 152 valence electrons. The number of hydrogen-bond donors (Lipinski definition) is 2. The van der Waals surface area contributed by atoms with Crippen LogP contribution in [0.5, 0.6) is 5.75 Å². The van der Waals surface area contributed by atoms with E-state index in [-0.39, 0.29) is 12.5 Å².